The zero-order chi connectivity index (χ0) is 18.1. The molecule has 0 saturated heterocycles. The van der Waals surface area contributed by atoms with E-state index in [1.807, 2.05) is 41.5 Å². The fourth-order valence-electron chi connectivity index (χ4n) is 2.35. The molecule has 0 aromatic rings. The summed E-state index contributed by atoms with van der Waals surface area (Å²) >= 11 is 0. The van der Waals surface area contributed by atoms with Gasteiger partial charge in [-0.1, -0.05) is 41.5 Å². The van der Waals surface area contributed by atoms with Gasteiger partial charge in [0.25, 0.3) is 0 Å². The maximum Gasteiger partial charge on any atom is 0.236 e. The molecule has 0 aromatic heterocycles. The number of aliphatic hydroxyl groups excluding tert-OH is 2. The average Bonchev–Trinajstić information content (AvgIpc) is 3.20. The van der Waals surface area contributed by atoms with Gasteiger partial charge in [0.05, 0.1) is 25.3 Å². The minimum absolute atomic E-state index is 0.172. The smallest absolute Gasteiger partial charge is 0.236 e. The Balaban J connectivity index is 2.79. The van der Waals surface area contributed by atoms with Crippen LogP contribution in [0.1, 0.15) is 54.4 Å². The molecule has 0 bridgehead atoms. The zero-order valence-electron chi connectivity index (χ0n) is 15.2. The first kappa shape index (κ1) is 19.9. The number of carbonyl (C=O) groups is 2. The van der Waals surface area contributed by atoms with Gasteiger partial charge in [0.1, 0.15) is 5.41 Å². The van der Waals surface area contributed by atoms with Gasteiger partial charge in [-0.3, -0.25) is 9.59 Å². The Kier molecular flexibility index (Phi) is 5.86. The molecule has 0 radical (unpaired) electrons. The van der Waals surface area contributed by atoms with Crippen molar-refractivity contribution in [1.29, 1.82) is 0 Å². The molecule has 6 nitrogen and oxygen atoms in total. The van der Waals surface area contributed by atoms with Crippen LogP contribution in [0.5, 0.6) is 0 Å². The zero-order valence-corrected chi connectivity index (χ0v) is 15.2. The van der Waals surface area contributed by atoms with E-state index in [0.29, 0.717) is 12.8 Å². The van der Waals surface area contributed by atoms with Crippen LogP contribution >= 0.6 is 0 Å². The van der Waals surface area contributed by atoms with Gasteiger partial charge < -0.3 is 20.8 Å². The number of aliphatic hydroxyl groups is 2. The molecular weight excluding hydrogens is 296 g/mol. The van der Waals surface area contributed by atoms with Crippen molar-refractivity contribution in [2.24, 2.45) is 16.2 Å². The van der Waals surface area contributed by atoms with E-state index >= 15 is 0 Å². The average molecular weight is 328 g/mol. The van der Waals surface area contributed by atoms with Crippen LogP contribution in [0.2, 0.25) is 0 Å². The number of amides is 2. The van der Waals surface area contributed by atoms with Crippen LogP contribution < -0.4 is 10.6 Å². The van der Waals surface area contributed by atoms with Crippen molar-refractivity contribution in [3.05, 3.63) is 0 Å². The second kappa shape index (κ2) is 6.77. The highest BCUT2D eigenvalue weighted by molar-refractivity contribution is 6.08. The molecule has 0 aromatic carbocycles. The molecule has 0 unspecified atom stereocenters. The fourth-order valence-corrected chi connectivity index (χ4v) is 2.35. The normalized spacial score (nSPS) is 19.7. The molecule has 2 amide bonds. The Morgan fingerprint density at radius 1 is 0.870 bits per heavy atom. The van der Waals surface area contributed by atoms with Gasteiger partial charge >= 0.3 is 0 Å². The number of rotatable bonds is 6. The lowest BCUT2D eigenvalue weighted by atomic mass is 9.86. The van der Waals surface area contributed by atoms with Gasteiger partial charge in [-0.25, -0.2) is 0 Å². The minimum Gasteiger partial charge on any atom is -0.394 e. The van der Waals surface area contributed by atoms with E-state index in [1.165, 1.54) is 0 Å². The molecule has 0 aliphatic heterocycles. The first-order valence-electron chi connectivity index (χ1n) is 8.22. The Morgan fingerprint density at radius 3 is 1.35 bits per heavy atom. The van der Waals surface area contributed by atoms with Crippen LogP contribution in [0, 0.1) is 16.2 Å². The second-order valence-electron chi connectivity index (χ2n) is 8.73. The highest BCUT2D eigenvalue weighted by Crippen LogP contribution is 2.46. The number of carbonyl (C=O) groups excluding carboxylic acids is 2. The summed E-state index contributed by atoms with van der Waals surface area (Å²) in [5.41, 5.74) is -1.65. The predicted octanol–water partition coefficient (Wildman–Crippen LogP) is 0.813. The summed E-state index contributed by atoms with van der Waals surface area (Å²) in [4.78, 5) is 25.1. The van der Waals surface area contributed by atoms with Gasteiger partial charge in [0.15, 0.2) is 0 Å². The predicted molar refractivity (Wildman–Crippen MR) is 88.6 cm³/mol. The van der Waals surface area contributed by atoms with Crippen LogP contribution in [0.3, 0.4) is 0 Å². The molecule has 2 atom stereocenters. The highest BCUT2D eigenvalue weighted by atomic mass is 16.3. The van der Waals surface area contributed by atoms with Crippen molar-refractivity contribution in [3.8, 4) is 0 Å². The summed E-state index contributed by atoms with van der Waals surface area (Å²) in [5, 5.41) is 24.6. The number of hydrogen-bond acceptors (Lipinski definition) is 4. The second-order valence-corrected chi connectivity index (χ2v) is 8.73. The van der Waals surface area contributed by atoms with E-state index in [0.717, 1.165) is 0 Å². The summed E-state index contributed by atoms with van der Waals surface area (Å²) in [6.45, 7) is 11.2. The summed E-state index contributed by atoms with van der Waals surface area (Å²) in [7, 11) is 0. The van der Waals surface area contributed by atoms with Crippen molar-refractivity contribution < 1.29 is 19.8 Å². The van der Waals surface area contributed by atoms with E-state index in [1.54, 1.807) is 0 Å². The first-order chi connectivity index (χ1) is 10.4. The van der Waals surface area contributed by atoms with Gasteiger partial charge in [-0.05, 0) is 23.7 Å². The van der Waals surface area contributed by atoms with Crippen LogP contribution in [-0.4, -0.2) is 47.3 Å². The molecule has 1 saturated carbocycles. The van der Waals surface area contributed by atoms with E-state index in [9.17, 15) is 19.8 Å². The van der Waals surface area contributed by atoms with E-state index in [2.05, 4.69) is 10.6 Å². The van der Waals surface area contributed by atoms with Gasteiger partial charge in [-0.15, -0.1) is 0 Å². The quantitative estimate of drug-likeness (QED) is 0.542. The van der Waals surface area contributed by atoms with Crippen molar-refractivity contribution in [1.82, 2.24) is 10.6 Å². The van der Waals surface area contributed by atoms with Gasteiger partial charge in [0, 0.05) is 0 Å². The lowest BCUT2D eigenvalue weighted by Gasteiger charge is -2.33. The summed E-state index contributed by atoms with van der Waals surface area (Å²) < 4.78 is 0. The SMILES string of the molecule is CC(C)(C)[C@@H](CO)NC(=O)C1(C(=O)N[C@H](CO)C(C)(C)C)CC1. The Hall–Kier alpha value is -1.14. The monoisotopic (exact) mass is 328 g/mol. The Bertz CT molecular complexity index is 406. The van der Waals surface area contributed by atoms with Crippen molar-refractivity contribution in [2.75, 3.05) is 13.2 Å². The standard InChI is InChI=1S/C17H32N2O4/c1-15(2,3)11(9-20)18-13(22)17(7-8-17)14(23)19-12(10-21)16(4,5)6/h11-12,20-21H,7-10H2,1-6H3,(H,18,22)(H,19,23)/t11-,12-/m1/s1. The third-order valence-electron chi connectivity index (χ3n) is 4.69. The lowest BCUT2D eigenvalue weighted by Crippen LogP contribution is -2.55. The molecule has 0 heterocycles. The van der Waals surface area contributed by atoms with Crippen LogP contribution in [-0.2, 0) is 9.59 Å². The molecule has 0 spiro atoms. The van der Waals surface area contributed by atoms with E-state index in [4.69, 9.17) is 0 Å². The fraction of sp³-hybridized carbons (Fsp3) is 0.882. The maximum atomic E-state index is 12.6. The molecular formula is C17H32N2O4. The maximum absolute atomic E-state index is 12.6. The number of hydrogen-bond donors (Lipinski definition) is 4. The largest absolute Gasteiger partial charge is 0.394 e. The Labute approximate surface area is 139 Å². The Morgan fingerprint density at radius 2 is 1.17 bits per heavy atom. The molecule has 1 aliphatic rings. The van der Waals surface area contributed by atoms with Crippen LogP contribution in [0.4, 0.5) is 0 Å². The van der Waals surface area contributed by atoms with E-state index in [-0.39, 0.29) is 35.9 Å². The molecule has 1 fully saturated rings. The highest BCUT2D eigenvalue weighted by Gasteiger charge is 2.57. The molecule has 23 heavy (non-hydrogen) atoms. The molecule has 1 rings (SSSR count). The van der Waals surface area contributed by atoms with Crippen LogP contribution in [0.25, 0.3) is 0 Å². The lowest BCUT2D eigenvalue weighted by molar-refractivity contribution is -0.139. The van der Waals surface area contributed by atoms with Gasteiger partial charge in [-0.2, -0.15) is 0 Å². The van der Waals surface area contributed by atoms with Crippen LogP contribution in [0.15, 0.2) is 0 Å². The summed E-state index contributed by atoms with van der Waals surface area (Å²) in [6, 6.07) is -0.812. The molecule has 134 valence electrons. The molecule has 4 N–H and O–H groups in total. The summed E-state index contributed by atoms with van der Waals surface area (Å²) in [6.07, 6.45) is 0.991. The van der Waals surface area contributed by atoms with E-state index < -0.39 is 17.5 Å². The van der Waals surface area contributed by atoms with Gasteiger partial charge in [0.2, 0.25) is 11.8 Å². The number of nitrogens with one attached hydrogen (secondary N) is 2. The molecule has 6 heteroatoms. The minimum atomic E-state index is -1.06. The first-order valence-corrected chi connectivity index (χ1v) is 8.22. The topological polar surface area (TPSA) is 98.7 Å². The van der Waals surface area contributed by atoms with Crippen molar-refractivity contribution in [2.45, 2.75) is 66.5 Å². The third kappa shape index (κ3) is 4.67. The van der Waals surface area contributed by atoms with Crippen molar-refractivity contribution >= 4 is 11.8 Å². The molecule has 1 aliphatic carbocycles. The summed E-state index contributed by atoms with van der Waals surface area (Å²) in [5.74, 6) is -0.677. The van der Waals surface area contributed by atoms with Crippen molar-refractivity contribution in [3.63, 3.8) is 0 Å². The third-order valence-corrected chi connectivity index (χ3v) is 4.69.